The minimum absolute atomic E-state index is 0.127. The van der Waals surface area contributed by atoms with E-state index in [1.54, 1.807) is 6.92 Å². The number of unbranched alkanes of at least 4 members (excludes halogenated alkanes) is 1. The first kappa shape index (κ1) is 11.2. The molecule has 1 aliphatic rings. The van der Waals surface area contributed by atoms with Gasteiger partial charge in [0.25, 0.3) is 0 Å². The third-order valence-corrected chi connectivity index (χ3v) is 2.82. The fourth-order valence-corrected chi connectivity index (χ4v) is 2.08. The fourth-order valence-electron chi connectivity index (χ4n) is 2.08. The Balaban J connectivity index is 2.38. The number of carbonyl (C=O) groups is 1. The molecule has 1 fully saturated rings. The summed E-state index contributed by atoms with van der Waals surface area (Å²) in [6.45, 7) is 3.60. The Morgan fingerprint density at radius 2 is 2.36 bits per heavy atom. The molecule has 1 rings (SSSR count). The van der Waals surface area contributed by atoms with Crippen molar-refractivity contribution < 1.29 is 4.79 Å². The van der Waals surface area contributed by atoms with Gasteiger partial charge < -0.3 is 0 Å². The van der Waals surface area contributed by atoms with Crippen molar-refractivity contribution in [1.29, 1.82) is 5.26 Å². The Kier molecular flexibility index (Phi) is 4.61. The van der Waals surface area contributed by atoms with Gasteiger partial charge in [0.1, 0.15) is 5.78 Å². The molecule has 0 aromatic heterocycles. The van der Waals surface area contributed by atoms with Crippen molar-refractivity contribution in [3.63, 3.8) is 0 Å². The maximum absolute atomic E-state index is 11.3. The number of nitrogens with zero attached hydrogens (tertiary/aromatic N) is 2. The van der Waals surface area contributed by atoms with Crippen LogP contribution in [-0.2, 0) is 4.79 Å². The van der Waals surface area contributed by atoms with Crippen LogP contribution >= 0.6 is 0 Å². The maximum atomic E-state index is 11.3. The van der Waals surface area contributed by atoms with Gasteiger partial charge in [0.2, 0.25) is 0 Å². The summed E-state index contributed by atoms with van der Waals surface area (Å²) >= 11 is 0. The van der Waals surface area contributed by atoms with Crippen LogP contribution in [0.15, 0.2) is 0 Å². The van der Waals surface area contributed by atoms with Gasteiger partial charge in [-0.15, -0.1) is 0 Å². The third-order valence-electron chi connectivity index (χ3n) is 2.82. The summed E-state index contributed by atoms with van der Waals surface area (Å²) in [4.78, 5) is 13.6. The van der Waals surface area contributed by atoms with Gasteiger partial charge in [-0.05, 0) is 39.3 Å². The first-order valence-electron chi connectivity index (χ1n) is 5.37. The lowest BCUT2D eigenvalue weighted by molar-refractivity contribution is -0.123. The van der Waals surface area contributed by atoms with Crippen LogP contribution in [-0.4, -0.2) is 29.8 Å². The molecule has 3 heteroatoms. The molecule has 0 amide bonds. The number of likely N-dealkylation sites (tertiary alicyclic amines) is 1. The van der Waals surface area contributed by atoms with Crippen molar-refractivity contribution in [2.24, 2.45) is 0 Å². The molecule has 1 heterocycles. The summed E-state index contributed by atoms with van der Waals surface area (Å²) in [7, 11) is 0. The van der Waals surface area contributed by atoms with Crippen molar-refractivity contribution in [2.45, 2.75) is 45.1 Å². The van der Waals surface area contributed by atoms with Gasteiger partial charge in [-0.1, -0.05) is 6.42 Å². The van der Waals surface area contributed by atoms with E-state index in [0.29, 0.717) is 6.42 Å². The molecule has 0 bridgehead atoms. The lowest BCUT2D eigenvalue weighted by Crippen LogP contribution is -2.44. The molecule has 78 valence electrons. The summed E-state index contributed by atoms with van der Waals surface area (Å²) in [5, 5.41) is 8.44. The lowest BCUT2D eigenvalue weighted by atomic mass is 9.99. The first-order chi connectivity index (χ1) is 6.75. The number of piperidine rings is 1. The Morgan fingerprint density at radius 1 is 1.57 bits per heavy atom. The van der Waals surface area contributed by atoms with E-state index in [9.17, 15) is 4.79 Å². The average Bonchev–Trinajstić information content (AvgIpc) is 2.19. The highest BCUT2D eigenvalue weighted by Gasteiger charge is 2.24. The quantitative estimate of drug-likeness (QED) is 0.640. The Hall–Kier alpha value is -0.880. The molecule has 0 aliphatic carbocycles. The molecule has 0 saturated carbocycles. The van der Waals surface area contributed by atoms with Crippen LogP contribution in [0.5, 0.6) is 0 Å². The second kappa shape index (κ2) is 5.77. The van der Waals surface area contributed by atoms with Crippen molar-refractivity contribution in [1.82, 2.24) is 4.90 Å². The van der Waals surface area contributed by atoms with Gasteiger partial charge in [-0.3, -0.25) is 9.69 Å². The zero-order valence-electron chi connectivity index (χ0n) is 8.83. The summed E-state index contributed by atoms with van der Waals surface area (Å²) in [6, 6.07) is 2.27. The van der Waals surface area contributed by atoms with E-state index in [0.717, 1.165) is 25.9 Å². The molecule has 0 aromatic rings. The zero-order valence-corrected chi connectivity index (χ0v) is 8.83. The second-order valence-electron chi connectivity index (χ2n) is 3.92. The number of hydrogen-bond donors (Lipinski definition) is 0. The lowest BCUT2D eigenvalue weighted by Gasteiger charge is -2.33. The van der Waals surface area contributed by atoms with Gasteiger partial charge in [-0.25, -0.2) is 0 Å². The minimum atomic E-state index is 0.127. The number of Topliss-reactive ketones (excluding diaryl/α,β-unsaturated/α-hetero) is 1. The van der Waals surface area contributed by atoms with E-state index < -0.39 is 0 Å². The van der Waals surface area contributed by atoms with Crippen LogP contribution in [0.3, 0.4) is 0 Å². The third kappa shape index (κ3) is 3.12. The number of rotatable bonds is 4. The molecular formula is C11H18N2O. The SMILES string of the molecule is CC(=O)C1CCCCN1CCCC#N. The van der Waals surface area contributed by atoms with Gasteiger partial charge in [0, 0.05) is 6.42 Å². The number of hydrogen-bond acceptors (Lipinski definition) is 3. The van der Waals surface area contributed by atoms with Crippen molar-refractivity contribution in [2.75, 3.05) is 13.1 Å². The maximum Gasteiger partial charge on any atom is 0.146 e. The van der Waals surface area contributed by atoms with Gasteiger partial charge in [0.05, 0.1) is 12.1 Å². The Labute approximate surface area is 85.7 Å². The summed E-state index contributed by atoms with van der Waals surface area (Å²) in [5.74, 6) is 0.279. The molecule has 1 aliphatic heterocycles. The monoisotopic (exact) mass is 194 g/mol. The van der Waals surface area contributed by atoms with Crippen LogP contribution in [0, 0.1) is 11.3 Å². The molecule has 0 spiro atoms. The molecule has 1 saturated heterocycles. The molecule has 0 radical (unpaired) electrons. The van der Waals surface area contributed by atoms with Crippen molar-refractivity contribution >= 4 is 5.78 Å². The van der Waals surface area contributed by atoms with Crippen LogP contribution in [0.1, 0.15) is 39.0 Å². The smallest absolute Gasteiger partial charge is 0.146 e. The predicted molar refractivity (Wildman–Crippen MR) is 54.7 cm³/mol. The summed E-state index contributed by atoms with van der Waals surface area (Å²) in [5.41, 5.74) is 0. The Bertz CT molecular complexity index is 232. The van der Waals surface area contributed by atoms with Gasteiger partial charge >= 0.3 is 0 Å². The predicted octanol–water partition coefficient (Wildman–Crippen LogP) is 1.73. The van der Waals surface area contributed by atoms with Crippen LogP contribution in [0.2, 0.25) is 0 Å². The van der Waals surface area contributed by atoms with E-state index >= 15 is 0 Å². The van der Waals surface area contributed by atoms with Gasteiger partial charge in [0.15, 0.2) is 0 Å². The van der Waals surface area contributed by atoms with E-state index in [4.69, 9.17) is 5.26 Å². The first-order valence-corrected chi connectivity index (χ1v) is 5.37. The number of ketones is 1. The minimum Gasteiger partial charge on any atom is -0.298 e. The van der Waals surface area contributed by atoms with Crippen molar-refractivity contribution in [3.05, 3.63) is 0 Å². The second-order valence-corrected chi connectivity index (χ2v) is 3.92. The normalized spacial score (nSPS) is 23.0. The molecular weight excluding hydrogens is 176 g/mol. The summed E-state index contributed by atoms with van der Waals surface area (Å²) < 4.78 is 0. The van der Waals surface area contributed by atoms with Crippen LogP contribution in [0.4, 0.5) is 0 Å². The molecule has 1 atom stereocenters. The molecule has 3 nitrogen and oxygen atoms in total. The highest BCUT2D eigenvalue weighted by atomic mass is 16.1. The number of carbonyl (C=O) groups excluding carboxylic acids is 1. The van der Waals surface area contributed by atoms with Crippen LogP contribution in [0.25, 0.3) is 0 Å². The summed E-state index contributed by atoms with van der Waals surface area (Å²) in [6.07, 6.45) is 4.85. The van der Waals surface area contributed by atoms with Gasteiger partial charge in [-0.2, -0.15) is 5.26 Å². The molecule has 0 aromatic carbocycles. The average molecular weight is 194 g/mol. The van der Waals surface area contributed by atoms with Crippen molar-refractivity contribution in [3.8, 4) is 6.07 Å². The molecule has 14 heavy (non-hydrogen) atoms. The Morgan fingerprint density at radius 3 is 3.00 bits per heavy atom. The van der Waals surface area contributed by atoms with E-state index in [1.165, 1.54) is 12.8 Å². The van der Waals surface area contributed by atoms with E-state index in [2.05, 4.69) is 11.0 Å². The zero-order chi connectivity index (χ0) is 10.4. The fraction of sp³-hybridized carbons (Fsp3) is 0.818. The molecule has 0 N–H and O–H groups in total. The van der Waals surface area contributed by atoms with E-state index in [1.807, 2.05) is 0 Å². The topological polar surface area (TPSA) is 44.1 Å². The molecule has 1 unspecified atom stereocenters. The number of nitriles is 1. The van der Waals surface area contributed by atoms with Crippen LogP contribution < -0.4 is 0 Å². The highest BCUT2D eigenvalue weighted by Crippen LogP contribution is 2.17. The van der Waals surface area contributed by atoms with E-state index in [-0.39, 0.29) is 11.8 Å². The largest absolute Gasteiger partial charge is 0.298 e. The highest BCUT2D eigenvalue weighted by molar-refractivity contribution is 5.81. The standard InChI is InChI=1S/C11H18N2O/c1-10(14)11-6-2-4-8-13(11)9-5-3-7-12/h11H,2-6,8-9H2,1H3.